The molecule has 1 saturated heterocycles. The quantitative estimate of drug-likeness (QED) is 0.860. The molecule has 1 aliphatic rings. The Morgan fingerprint density at radius 2 is 1.43 bits per heavy atom. The van der Waals surface area contributed by atoms with Gasteiger partial charge in [0, 0.05) is 32.6 Å². The second kappa shape index (κ2) is 7.62. The van der Waals surface area contributed by atoms with E-state index in [4.69, 9.17) is 0 Å². The van der Waals surface area contributed by atoms with E-state index in [1.807, 2.05) is 16.7 Å². The topological polar surface area (TPSA) is 40.6 Å². The van der Waals surface area contributed by atoms with Gasteiger partial charge in [-0.1, -0.05) is 24.6 Å². The van der Waals surface area contributed by atoms with E-state index in [1.54, 1.807) is 0 Å². The Labute approximate surface area is 139 Å². The first kappa shape index (κ1) is 17.5. The summed E-state index contributed by atoms with van der Waals surface area (Å²) in [5.74, 6) is 0.357. The van der Waals surface area contributed by atoms with Crippen molar-refractivity contribution in [2.45, 2.75) is 47.0 Å². The molecule has 126 valence electrons. The molecule has 2 rings (SSSR count). The molecule has 0 spiro atoms. The molecule has 0 N–H and O–H groups in total. The van der Waals surface area contributed by atoms with Gasteiger partial charge >= 0.3 is 0 Å². The second-order valence-corrected chi connectivity index (χ2v) is 6.52. The molecular weight excluding hydrogens is 288 g/mol. The number of nitrogens with zero attached hydrogens (tertiary/aromatic N) is 2. The van der Waals surface area contributed by atoms with E-state index in [0.717, 1.165) is 25.1 Å². The highest BCUT2D eigenvalue weighted by Crippen LogP contribution is 2.18. The van der Waals surface area contributed by atoms with E-state index in [9.17, 15) is 9.59 Å². The molecule has 23 heavy (non-hydrogen) atoms. The van der Waals surface area contributed by atoms with Crippen molar-refractivity contribution >= 4 is 11.8 Å². The van der Waals surface area contributed by atoms with Crippen molar-refractivity contribution in [1.29, 1.82) is 0 Å². The summed E-state index contributed by atoms with van der Waals surface area (Å²) in [6, 6.07) is 4.28. The van der Waals surface area contributed by atoms with Gasteiger partial charge in [0.25, 0.3) is 0 Å². The third-order valence-electron chi connectivity index (χ3n) is 4.67. The summed E-state index contributed by atoms with van der Waals surface area (Å²) >= 11 is 0. The van der Waals surface area contributed by atoms with Gasteiger partial charge in [-0.05, 0) is 43.9 Å². The number of carbonyl (C=O) groups excluding carboxylic acids is 2. The van der Waals surface area contributed by atoms with Crippen molar-refractivity contribution in [3.63, 3.8) is 0 Å². The highest BCUT2D eigenvalue weighted by molar-refractivity contribution is 5.80. The van der Waals surface area contributed by atoms with Crippen molar-refractivity contribution in [2.75, 3.05) is 26.2 Å². The molecule has 1 aromatic rings. The first-order valence-corrected chi connectivity index (χ1v) is 8.54. The second-order valence-electron chi connectivity index (χ2n) is 6.52. The molecule has 0 aliphatic carbocycles. The van der Waals surface area contributed by atoms with Gasteiger partial charge in [0.2, 0.25) is 11.8 Å². The number of amides is 2. The Morgan fingerprint density at radius 3 is 1.96 bits per heavy atom. The van der Waals surface area contributed by atoms with E-state index in [-0.39, 0.29) is 11.8 Å². The molecule has 0 saturated carbocycles. The minimum atomic E-state index is 0.172. The molecular formula is C19H28N2O2. The van der Waals surface area contributed by atoms with Gasteiger partial charge < -0.3 is 9.80 Å². The van der Waals surface area contributed by atoms with E-state index < -0.39 is 0 Å². The summed E-state index contributed by atoms with van der Waals surface area (Å²) in [5.41, 5.74) is 4.76. The molecule has 1 heterocycles. The summed E-state index contributed by atoms with van der Waals surface area (Å²) in [4.78, 5) is 28.3. The number of hydrogen-bond donors (Lipinski definition) is 0. The molecule has 0 bridgehead atoms. The lowest BCUT2D eigenvalue weighted by atomic mass is 9.97. The lowest BCUT2D eigenvalue weighted by molar-refractivity contribution is -0.133. The summed E-state index contributed by atoms with van der Waals surface area (Å²) in [5, 5.41) is 0. The first-order valence-electron chi connectivity index (χ1n) is 8.54. The van der Waals surface area contributed by atoms with Crippen molar-refractivity contribution < 1.29 is 9.59 Å². The molecule has 4 heteroatoms. The summed E-state index contributed by atoms with van der Waals surface area (Å²) in [7, 11) is 0. The summed E-state index contributed by atoms with van der Waals surface area (Å²) < 4.78 is 0. The molecule has 0 atom stereocenters. The van der Waals surface area contributed by atoms with Crippen LogP contribution in [0, 0.1) is 20.8 Å². The maximum atomic E-state index is 12.7. The van der Waals surface area contributed by atoms with Crippen LogP contribution in [-0.4, -0.2) is 47.8 Å². The number of carbonyl (C=O) groups is 2. The Hall–Kier alpha value is -1.84. The van der Waals surface area contributed by atoms with Crippen LogP contribution < -0.4 is 0 Å². The molecule has 1 aromatic carbocycles. The number of hydrogen-bond acceptors (Lipinski definition) is 2. The van der Waals surface area contributed by atoms with Gasteiger partial charge in [-0.2, -0.15) is 0 Å². The fraction of sp³-hybridized carbons (Fsp3) is 0.579. The lowest BCUT2D eigenvalue weighted by Gasteiger charge is -2.23. The third-order valence-corrected chi connectivity index (χ3v) is 4.67. The van der Waals surface area contributed by atoms with Crippen molar-refractivity contribution in [3.8, 4) is 0 Å². The van der Waals surface area contributed by atoms with Gasteiger partial charge in [0.15, 0.2) is 0 Å². The lowest BCUT2D eigenvalue weighted by Crippen LogP contribution is -2.37. The molecule has 4 nitrogen and oxygen atoms in total. The highest BCUT2D eigenvalue weighted by Gasteiger charge is 2.22. The first-order chi connectivity index (χ1) is 10.9. The van der Waals surface area contributed by atoms with Gasteiger partial charge in [0.1, 0.15) is 0 Å². The van der Waals surface area contributed by atoms with Gasteiger partial charge in [-0.25, -0.2) is 0 Å². The average Bonchev–Trinajstić information content (AvgIpc) is 2.76. The largest absolute Gasteiger partial charge is 0.341 e. The fourth-order valence-corrected chi connectivity index (χ4v) is 3.39. The predicted molar refractivity (Wildman–Crippen MR) is 92.4 cm³/mol. The molecule has 2 amide bonds. The van der Waals surface area contributed by atoms with Crippen LogP contribution in [0.15, 0.2) is 12.1 Å². The number of aryl methyl sites for hydroxylation is 3. The molecule has 1 aliphatic heterocycles. The Kier molecular flexibility index (Phi) is 5.80. The maximum absolute atomic E-state index is 12.7. The summed E-state index contributed by atoms with van der Waals surface area (Å²) in [6.07, 6.45) is 1.86. The number of rotatable bonds is 3. The van der Waals surface area contributed by atoms with Crippen LogP contribution in [0.3, 0.4) is 0 Å². The fourth-order valence-electron chi connectivity index (χ4n) is 3.39. The van der Waals surface area contributed by atoms with Crippen molar-refractivity contribution in [1.82, 2.24) is 9.80 Å². The van der Waals surface area contributed by atoms with E-state index in [0.29, 0.717) is 25.9 Å². The van der Waals surface area contributed by atoms with Gasteiger partial charge in [0.05, 0.1) is 6.42 Å². The van der Waals surface area contributed by atoms with E-state index >= 15 is 0 Å². The minimum Gasteiger partial charge on any atom is -0.341 e. The van der Waals surface area contributed by atoms with Crippen molar-refractivity contribution in [2.24, 2.45) is 0 Å². The number of benzene rings is 1. The summed E-state index contributed by atoms with van der Waals surface area (Å²) in [6.45, 7) is 10.9. The van der Waals surface area contributed by atoms with E-state index in [1.165, 1.54) is 16.7 Å². The zero-order chi connectivity index (χ0) is 17.0. The molecule has 0 radical (unpaired) electrons. The van der Waals surface area contributed by atoms with Crippen LogP contribution >= 0.6 is 0 Å². The standard InChI is InChI=1S/C19H28N2O2/c1-5-18(22)20-7-6-8-21(10-9-20)19(23)13-17-15(3)11-14(2)12-16(17)4/h11-12H,5-10,13H2,1-4H3. The third kappa shape index (κ3) is 4.34. The average molecular weight is 316 g/mol. The van der Waals surface area contributed by atoms with Crippen LogP contribution in [0.1, 0.15) is 42.0 Å². The maximum Gasteiger partial charge on any atom is 0.227 e. The molecule has 0 unspecified atom stereocenters. The zero-order valence-electron chi connectivity index (χ0n) is 14.8. The zero-order valence-corrected chi connectivity index (χ0v) is 14.8. The predicted octanol–water partition coefficient (Wildman–Crippen LogP) is 2.63. The molecule has 0 aromatic heterocycles. The SMILES string of the molecule is CCC(=O)N1CCCN(C(=O)Cc2c(C)cc(C)cc2C)CC1. The Morgan fingerprint density at radius 1 is 0.913 bits per heavy atom. The van der Waals surface area contributed by atoms with Crippen LogP contribution in [0.2, 0.25) is 0 Å². The van der Waals surface area contributed by atoms with E-state index in [2.05, 4.69) is 32.9 Å². The van der Waals surface area contributed by atoms with Gasteiger partial charge in [-0.15, -0.1) is 0 Å². The van der Waals surface area contributed by atoms with Crippen LogP contribution in [0.25, 0.3) is 0 Å². The molecule has 1 fully saturated rings. The van der Waals surface area contributed by atoms with Crippen LogP contribution in [0.5, 0.6) is 0 Å². The highest BCUT2D eigenvalue weighted by atomic mass is 16.2. The normalized spacial score (nSPS) is 15.5. The van der Waals surface area contributed by atoms with Crippen molar-refractivity contribution in [3.05, 3.63) is 34.4 Å². The monoisotopic (exact) mass is 316 g/mol. The Balaban J connectivity index is 2.03. The minimum absolute atomic E-state index is 0.172. The van der Waals surface area contributed by atoms with Gasteiger partial charge in [-0.3, -0.25) is 9.59 Å². The smallest absolute Gasteiger partial charge is 0.227 e. The Bertz CT molecular complexity index is 572. The van der Waals surface area contributed by atoms with Crippen LogP contribution in [0.4, 0.5) is 0 Å². The van der Waals surface area contributed by atoms with Crippen LogP contribution in [-0.2, 0) is 16.0 Å².